The molecule has 1 heterocycles. The van der Waals surface area contributed by atoms with Crippen molar-refractivity contribution >= 4 is 17.3 Å². The molecule has 2 aromatic carbocycles. The summed E-state index contributed by atoms with van der Waals surface area (Å²) in [6.07, 6.45) is 1.69. The quantitative estimate of drug-likeness (QED) is 0.611. The van der Waals surface area contributed by atoms with Gasteiger partial charge in [0.2, 0.25) is 5.91 Å². The molecule has 0 spiro atoms. The number of rotatable bonds is 6. The van der Waals surface area contributed by atoms with Gasteiger partial charge in [-0.15, -0.1) is 0 Å². The van der Waals surface area contributed by atoms with Gasteiger partial charge in [0.1, 0.15) is 12.4 Å². The molecule has 3 rings (SSSR count). The van der Waals surface area contributed by atoms with Crippen molar-refractivity contribution in [2.45, 2.75) is 26.7 Å². The minimum Gasteiger partial charge on any atom is -0.492 e. The molecule has 28 heavy (non-hydrogen) atoms. The smallest absolute Gasteiger partial charge is 0.269 e. The molecule has 0 aromatic heterocycles. The molecule has 7 nitrogen and oxygen atoms in total. The number of nitro benzene ring substituents is 1. The summed E-state index contributed by atoms with van der Waals surface area (Å²) in [5.41, 5.74) is 4.17. The summed E-state index contributed by atoms with van der Waals surface area (Å²) in [7, 11) is 0. The number of aryl methyl sites for hydroxylation is 1. The molecule has 7 heteroatoms. The predicted octanol–water partition coefficient (Wildman–Crippen LogP) is 3.34. The van der Waals surface area contributed by atoms with Crippen LogP contribution in [0.1, 0.15) is 23.6 Å². The second-order valence-corrected chi connectivity index (χ2v) is 7.06. The number of hydrogen-bond acceptors (Lipinski definition) is 5. The Kier molecular flexibility index (Phi) is 6.26. The van der Waals surface area contributed by atoms with Crippen LogP contribution < -0.4 is 10.1 Å². The Labute approximate surface area is 164 Å². The maximum Gasteiger partial charge on any atom is 0.269 e. The van der Waals surface area contributed by atoms with Crippen molar-refractivity contribution in [3.05, 3.63) is 63.2 Å². The highest BCUT2D eigenvalue weighted by Crippen LogP contribution is 2.23. The standard InChI is InChI=1S/C21H25N3O4/c1-15-13-20(5-6-21(15)22-16(2)25)28-12-11-23-9-7-17-3-4-19(24(26)27)14-18(17)8-10-23/h3-6,13-14H,7-12H2,1-2H3,(H,22,25). The van der Waals surface area contributed by atoms with Gasteiger partial charge >= 0.3 is 0 Å². The van der Waals surface area contributed by atoms with Gasteiger partial charge in [-0.2, -0.15) is 0 Å². The highest BCUT2D eigenvalue weighted by Gasteiger charge is 2.17. The van der Waals surface area contributed by atoms with E-state index in [1.54, 1.807) is 12.1 Å². The number of nitrogens with one attached hydrogen (secondary N) is 1. The molecule has 1 N–H and O–H groups in total. The van der Waals surface area contributed by atoms with Crippen LogP contribution in [0, 0.1) is 17.0 Å². The third-order valence-electron chi connectivity index (χ3n) is 4.98. The first-order chi connectivity index (χ1) is 13.4. The third kappa shape index (κ3) is 5.07. The van der Waals surface area contributed by atoms with E-state index >= 15 is 0 Å². The minimum absolute atomic E-state index is 0.0933. The van der Waals surface area contributed by atoms with E-state index in [9.17, 15) is 14.9 Å². The fourth-order valence-corrected chi connectivity index (χ4v) is 3.44. The van der Waals surface area contributed by atoms with Crippen molar-refractivity contribution in [3.63, 3.8) is 0 Å². The number of benzene rings is 2. The number of fused-ring (bicyclic) bond motifs is 1. The highest BCUT2D eigenvalue weighted by atomic mass is 16.6. The molecule has 1 aliphatic heterocycles. The lowest BCUT2D eigenvalue weighted by Gasteiger charge is -2.20. The Hall–Kier alpha value is -2.93. The summed E-state index contributed by atoms with van der Waals surface area (Å²) < 4.78 is 5.87. The molecule has 0 bridgehead atoms. The zero-order valence-corrected chi connectivity index (χ0v) is 16.2. The average molecular weight is 383 g/mol. The van der Waals surface area contributed by atoms with E-state index in [1.807, 2.05) is 31.2 Å². The number of non-ortho nitro benzene ring substituents is 1. The van der Waals surface area contributed by atoms with Crippen LogP contribution in [0.3, 0.4) is 0 Å². The molecule has 0 saturated carbocycles. The molecule has 0 aliphatic carbocycles. The van der Waals surface area contributed by atoms with Gasteiger partial charge in [0, 0.05) is 44.4 Å². The number of nitro groups is 1. The van der Waals surface area contributed by atoms with Crippen molar-refractivity contribution in [1.82, 2.24) is 4.90 Å². The minimum atomic E-state index is -0.337. The zero-order valence-electron chi connectivity index (χ0n) is 16.2. The van der Waals surface area contributed by atoms with Gasteiger partial charge < -0.3 is 10.1 Å². The second-order valence-electron chi connectivity index (χ2n) is 7.06. The number of ether oxygens (including phenoxy) is 1. The van der Waals surface area contributed by atoms with Gasteiger partial charge in [0.25, 0.3) is 5.69 Å². The van der Waals surface area contributed by atoms with Gasteiger partial charge in [-0.3, -0.25) is 19.8 Å². The largest absolute Gasteiger partial charge is 0.492 e. The van der Waals surface area contributed by atoms with Crippen molar-refractivity contribution in [1.29, 1.82) is 0 Å². The maximum absolute atomic E-state index is 11.2. The molecule has 2 aromatic rings. The Morgan fingerprint density at radius 1 is 1.18 bits per heavy atom. The summed E-state index contributed by atoms with van der Waals surface area (Å²) >= 11 is 0. The molecule has 0 unspecified atom stereocenters. The van der Waals surface area contributed by atoms with E-state index in [2.05, 4.69) is 10.2 Å². The Morgan fingerprint density at radius 2 is 1.93 bits per heavy atom. The number of anilines is 1. The van der Waals surface area contributed by atoms with Gasteiger partial charge in [-0.1, -0.05) is 6.07 Å². The molecular formula is C21H25N3O4. The van der Waals surface area contributed by atoms with Crippen molar-refractivity contribution in [3.8, 4) is 5.75 Å². The van der Waals surface area contributed by atoms with E-state index in [0.717, 1.165) is 55.0 Å². The third-order valence-corrected chi connectivity index (χ3v) is 4.98. The molecule has 0 fully saturated rings. The zero-order chi connectivity index (χ0) is 20.1. The first-order valence-corrected chi connectivity index (χ1v) is 9.42. The fourth-order valence-electron chi connectivity index (χ4n) is 3.44. The summed E-state index contributed by atoms with van der Waals surface area (Å²) in [4.78, 5) is 24.1. The first-order valence-electron chi connectivity index (χ1n) is 9.42. The van der Waals surface area contributed by atoms with Crippen molar-refractivity contribution in [2.24, 2.45) is 0 Å². The summed E-state index contributed by atoms with van der Waals surface area (Å²) in [6, 6.07) is 10.8. The topological polar surface area (TPSA) is 84.7 Å². The van der Waals surface area contributed by atoms with E-state index in [-0.39, 0.29) is 16.5 Å². The van der Waals surface area contributed by atoms with Gasteiger partial charge in [-0.05, 0) is 54.7 Å². The number of carbonyl (C=O) groups excluding carboxylic acids is 1. The van der Waals surface area contributed by atoms with Crippen LogP contribution in [0.5, 0.6) is 5.75 Å². The molecule has 148 valence electrons. The number of amides is 1. The Morgan fingerprint density at radius 3 is 2.61 bits per heavy atom. The lowest BCUT2D eigenvalue weighted by atomic mass is 10.0. The molecule has 0 saturated heterocycles. The highest BCUT2D eigenvalue weighted by molar-refractivity contribution is 5.89. The van der Waals surface area contributed by atoms with Crippen molar-refractivity contribution < 1.29 is 14.5 Å². The van der Waals surface area contributed by atoms with Gasteiger partial charge in [-0.25, -0.2) is 0 Å². The van der Waals surface area contributed by atoms with Crippen LogP contribution in [0.2, 0.25) is 0 Å². The molecule has 0 radical (unpaired) electrons. The van der Waals surface area contributed by atoms with Crippen LogP contribution in [0.25, 0.3) is 0 Å². The lowest BCUT2D eigenvalue weighted by molar-refractivity contribution is -0.384. The number of hydrogen-bond donors (Lipinski definition) is 1. The van der Waals surface area contributed by atoms with Crippen LogP contribution in [0.4, 0.5) is 11.4 Å². The van der Waals surface area contributed by atoms with Gasteiger partial charge in [0.05, 0.1) is 4.92 Å². The van der Waals surface area contributed by atoms with Crippen molar-refractivity contribution in [2.75, 3.05) is 31.6 Å². The summed E-state index contributed by atoms with van der Waals surface area (Å²) in [6.45, 7) is 6.55. The van der Waals surface area contributed by atoms with E-state index in [4.69, 9.17) is 4.74 Å². The monoisotopic (exact) mass is 383 g/mol. The van der Waals surface area contributed by atoms with Crippen LogP contribution in [-0.2, 0) is 17.6 Å². The molecule has 1 amide bonds. The van der Waals surface area contributed by atoms with Gasteiger partial charge in [0.15, 0.2) is 0 Å². The fraction of sp³-hybridized carbons (Fsp3) is 0.381. The van der Waals surface area contributed by atoms with E-state index in [1.165, 1.54) is 12.5 Å². The Balaban J connectivity index is 1.51. The molecule has 1 aliphatic rings. The lowest BCUT2D eigenvalue weighted by Crippen LogP contribution is -2.30. The Bertz CT molecular complexity index is 882. The van der Waals surface area contributed by atoms with Crippen LogP contribution >= 0.6 is 0 Å². The van der Waals surface area contributed by atoms with Crippen LogP contribution in [-0.4, -0.2) is 42.0 Å². The predicted molar refractivity (Wildman–Crippen MR) is 108 cm³/mol. The summed E-state index contributed by atoms with van der Waals surface area (Å²) in [5, 5.41) is 13.8. The normalized spacial score (nSPS) is 14.1. The first kappa shape index (κ1) is 19.8. The second kappa shape index (κ2) is 8.84. The SMILES string of the molecule is CC(=O)Nc1ccc(OCCN2CCc3ccc([N+](=O)[O-])cc3CC2)cc1C. The number of nitrogens with zero attached hydrogens (tertiary/aromatic N) is 2. The van der Waals surface area contributed by atoms with Crippen LogP contribution in [0.15, 0.2) is 36.4 Å². The molecular weight excluding hydrogens is 358 g/mol. The summed E-state index contributed by atoms with van der Waals surface area (Å²) in [5.74, 6) is 0.685. The average Bonchev–Trinajstić information content (AvgIpc) is 2.85. The van der Waals surface area contributed by atoms with E-state index in [0.29, 0.717) is 6.61 Å². The van der Waals surface area contributed by atoms with E-state index < -0.39 is 0 Å². The maximum atomic E-state index is 11.2. The molecule has 0 atom stereocenters. The number of carbonyl (C=O) groups is 1.